The monoisotopic (exact) mass is 369 g/mol. The number of urea groups is 1. The molecule has 0 bridgehead atoms. The maximum absolute atomic E-state index is 12.4. The van der Waals surface area contributed by atoms with Gasteiger partial charge in [-0.25, -0.2) is 9.59 Å². The quantitative estimate of drug-likeness (QED) is 0.649. The third kappa shape index (κ3) is 6.14. The second kappa shape index (κ2) is 8.35. The number of carbonyl (C=O) groups is 3. The Hall–Kier alpha value is -3.35. The standard InChI is InChI=1S/C20H23N3O4/c1-20(2,3)23-17(24)15-6-4-5-7-16(15)22-19(27)21-12-13-8-10-14(11-9-13)18(25)26/h4-11H,12H2,1-3H3,(H,23,24)(H,25,26)(H2,21,22,27). The summed E-state index contributed by atoms with van der Waals surface area (Å²) in [6.45, 7) is 5.86. The Labute approximate surface area is 157 Å². The van der Waals surface area contributed by atoms with Crippen LogP contribution in [0.15, 0.2) is 48.5 Å². The molecule has 0 heterocycles. The molecule has 0 spiro atoms. The predicted molar refractivity (Wildman–Crippen MR) is 103 cm³/mol. The molecule has 0 aromatic heterocycles. The van der Waals surface area contributed by atoms with Gasteiger partial charge in [0, 0.05) is 12.1 Å². The Bertz CT molecular complexity index is 839. The minimum atomic E-state index is -1.00. The number of hydrogen-bond donors (Lipinski definition) is 4. The largest absolute Gasteiger partial charge is 0.478 e. The molecule has 0 aliphatic heterocycles. The van der Waals surface area contributed by atoms with E-state index >= 15 is 0 Å². The summed E-state index contributed by atoms with van der Waals surface area (Å²) in [4.78, 5) is 35.4. The summed E-state index contributed by atoms with van der Waals surface area (Å²) >= 11 is 0. The molecule has 7 heteroatoms. The summed E-state index contributed by atoms with van der Waals surface area (Å²) in [5, 5.41) is 17.1. The molecule has 7 nitrogen and oxygen atoms in total. The average molecular weight is 369 g/mol. The summed E-state index contributed by atoms with van der Waals surface area (Å²) in [5.41, 5.74) is 1.32. The van der Waals surface area contributed by atoms with Crippen LogP contribution in [0.4, 0.5) is 10.5 Å². The average Bonchev–Trinajstić information content (AvgIpc) is 2.59. The minimum absolute atomic E-state index is 0.182. The molecule has 0 saturated heterocycles. The van der Waals surface area contributed by atoms with Gasteiger partial charge < -0.3 is 21.1 Å². The second-order valence-electron chi connectivity index (χ2n) is 7.06. The first-order valence-electron chi connectivity index (χ1n) is 8.44. The number of hydrogen-bond acceptors (Lipinski definition) is 3. The predicted octanol–water partition coefficient (Wildman–Crippen LogP) is 3.23. The third-order valence-electron chi connectivity index (χ3n) is 3.56. The van der Waals surface area contributed by atoms with Gasteiger partial charge in [0.05, 0.1) is 16.8 Å². The molecule has 0 aliphatic rings. The lowest BCUT2D eigenvalue weighted by Gasteiger charge is -2.21. The number of rotatable bonds is 5. The highest BCUT2D eigenvalue weighted by atomic mass is 16.4. The molecule has 0 atom stereocenters. The van der Waals surface area contributed by atoms with Crippen LogP contribution in [0.1, 0.15) is 47.1 Å². The number of para-hydroxylation sites is 1. The maximum atomic E-state index is 12.4. The fraction of sp³-hybridized carbons (Fsp3) is 0.250. The van der Waals surface area contributed by atoms with Gasteiger partial charge in [-0.1, -0.05) is 24.3 Å². The lowest BCUT2D eigenvalue weighted by Crippen LogP contribution is -2.41. The van der Waals surface area contributed by atoms with E-state index in [1.165, 1.54) is 12.1 Å². The second-order valence-corrected chi connectivity index (χ2v) is 7.06. The van der Waals surface area contributed by atoms with Crippen molar-refractivity contribution < 1.29 is 19.5 Å². The zero-order valence-electron chi connectivity index (χ0n) is 15.5. The molecule has 0 saturated carbocycles. The number of carbonyl (C=O) groups excluding carboxylic acids is 2. The third-order valence-corrected chi connectivity index (χ3v) is 3.56. The highest BCUT2D eigenvalue weighted by Gasteiger charge is 2.18. The van der Waals surface area contributed by atoms with Gasteiger partial charge in [0.25, 0.3) is 5.91 Å². The van der Waals surface area contributed by atoms with Crippen molar-refractivity contribution in [3.05, 3.63) is 65.2 Å². The molecule has 2 aromatic carbocycles. The Kier molecular flexibility index (Phi) is 6.18. The number of benzene rings is 2. The van der Waals surface area contributed by atoms with Crippen molar-refractivity contribution in [3.8, 4) is 0 Å². The van der Waals surface area contributed by atoms with Gasteiger partial charge in [-0.2, -0.15) is 0 Å². The number of anilines is 1. The van der Waals surface area contributed by atoms with E-state index in [0.29, 0.717) is 11.3 Å². The van der Waals surface area contributed by atoms with Crippen molar-refractivity contribution in [1.82, 2.24) is 10.6 Å². The van der Waals surface area contributed by atoms with E-state index in [4.69, 9.17) is 5.11 Å². The molecular formula is C20H23N3O4. The summed E-state index contributed by atoms with van der Waals surface area (Å²) < 4.78 is 0. The van der Waals surface area contributed by atoms with Gasteiger partial charge in [0.2, 0.25) is 0 Å². The van der Waals surface area contributed by atoms with Crippen molar-refractivity contribution in [3.63, 3.8) is 0 Å². The van der Waals surface area contributed by atoms with E-state index in [2.05, 4.69) is 16.0 Å². The van der Waals surface area contributed by atoms with Crippen molar-refractivity contribution in [2.45, 2.75) is 32.9 Å². The fourth-order valence-electron chi connectivity index (χ4n) is 2.31. The molecule has 2 rings (SSSR count). The Morgan fingerprint density at radius 3 is 2.19 bits per heavy atom. The number of nitrogens with one attached hydrogen (secondary N) is 3. The van der Waals surface area contributed by atoms with Crippen molar-refractivity contribution in [2.24, 2.45) is 0 Å². The zero-order valence-corrected chi connectivity index (χ0v) is 15.5. The smallest absolute Gasteiger partial charge is 0.335 e. The first kappa shape index (κ1) is 20.0. The van der Waals surface area contributed by atoms with Gasteiger partial charge in [0.15, 0.2) is 0 Å². The van der Waals surface area contributed by atoms with Gasteiger partial charge >= 0.3 is 12.0 Å². The first-order valence-corrected chi connectivity index (χ1v) is 8.44. The highest BCUT2D eigenvalue weighted by Crippen LogP contribution is 2.16. The molecule has 0 radical (unpaired) electrons. The van der Waals surface area contributed by atoms with Crippen LogP contribution in [0.3, 0.4) is 0 Å². The van der Waals surface area contributed by atoms with E-state index in [9.17, 15) is 14.4 Å². The van der Waals surface area contributed by atoms with Crippen LogP contribution in [0.5, 0.6) is 0 Å². The maximum Gasteiger partial charge on any atom is 0.335 e. The molecule has 0 unspecified atom stereocenters. The lowest BCUT2D eigenvalue weighted by molar-refractivity contribution is 0.0696. The van der Waals surface area contributed by atoms with Gasteiger partial charge in [-0.3, -0.25) is 4.79 Å². The van der Waals surface area contributed by atoms with Crippen molar-refractivity contribution in [2.75, 3.05) is 5.32 Å². The molecule has 0 aliphatic carbocycles. The first-order chi connectivity index (χ1) is 12.7. The SMILES string of the molecule is CC(C)(C)NC(=O)c1ccccc1NC(=O)NCc1ccc(C(=O)O)cc1. The van der Waals surface area contributed by atoms with Crippen molar-refractivity contribution >= 4 is 23.6 Å². The highest BCUT2D eigenvalue weighted by molar-refractivity contribution is 6.03. The topological polar surface area (TPSA) is 108 Å². The number of aromatic carboxylic acids is 1. The van der Waals surface area contributed by atoms with E-state index in [0.717, 1.165) is 5.56 Å². The van der Waals surface area contributed by atoms with Crippen LogP contribution in [-0.2, 0) is 6.54 Å². The molecule has 27 heavy (non-hydrogen) atoms. The van der Waals surface area contributed by atoms with Gasteiger partial charge in [-0.05, 0) is 50.6 Å². The molecule has 4 N–H and O–H groups in total. The van der Waals surface area contributed by atoms with E-state index in [-0.39, 0.29) is 18.0 Å². The number of carboxylic acid groups (broad SMARTS) is 1. The zero-order chi connectivity index (χ0) is 20.0. The van der Waals surface area contributed by atoms with Crippen LogP contribution >= 0.6 is 0 Å². The van der Waals surface area contributed by atoms with Gasteiger partial charge in [0.1, 0.15) is 0 Å². The molecular weight excluding hydrogens is 346 g/mol. The van der Waals surface area contributed by atoms with Crippen LogP contribution < -0.4 is 16.0 Å². The number of amides is 3. The summed E-state index contributed by atoms with van der Waals surface area (Å²) in [7, 11) is 0. The van der Waals surface area contributed by atoms with Crippen LogP contribution in [-0.4, -0.2) is 28.6 Å². The number of carboxylic acids is 1. The summed E-state index contributed by atoms with van der Waals surface area (Å²) in [6.07, 6.45) is 0. The summed E-state index contributed by atoms with van der Waals surface area (Å²) in [5.74, 6) is -1.28. The van der Waals surface area contributed by atoms with E-state index in [1.54, 1.807) is 36.4 Å². The molecule has 0 fully saturated rings. The van der Waals surface area contributed by atoms with Crippen LogP contribution in [0.2, 0.25) is 0 Å². The fourth-order valence-corrected chi connectivity index (χ4v) is 2.31. The van der Waals surface area contributed by atoms with Gasteiger partial charge in [-0.15, -0.1) is 0 Å². The normalized spacial score (nSPS) is 10.8. The van der Waals surface area contributed by atoms with Crippen molar-refractivity contribution in [1.29, 1.82) is 0 Å². The van der Waals surface area contributed by atoms with E-state index in [1.807, 2.05) is 20.8 Å². The van der Waals surface area contributed by atoms with Crippen LogP contribution in [0.25, 0.3) is 0 Å². The minimum Gasteiger partial charge on any atom is -0.478 e. The van der Waals surface area contributed by atoms with Crippen LogP contribution in [0, 0.1) is 0 Å². The molecule has 3 amide bonds. The molecule has 142 valence electrons. The summed E-state index contributed by atoms with van der Waals surface area (Å²) in [6, 6.07) is 12.5. The Balaban J connectivity index is 1.99. The Morgan fingerprint density at radius 2 is 1.59 bits per heavy atom. The van der Waals surface area contributed by atoms with E-state index < -0.39 is 17.5 Å². The molecule has 2 aromatic rings. The lowest BCUT2D eigenvalue weighted by atomic mass is 10.1. The Morgan fingerprint density at radius 1 is 0.963 bits per heavy atom.